The van der Waals surface area contributed by atoms with Crippen LogP contribution in [0, 0.1) is 59.2 Å². The zero-order valence-electron chi connectivity index (χ0n) is 38.1. The molecule has 0 aromatic heterocycles. The van der Waals surface area contributed by atoms with Gasteiger partial charge in [0.2, 0.25) is 0 Å². The predicted octanol–water partition coefficient (Wildman–Crippen LogP) is 12.6. The zero-order valence-corrected chi connectivity index (χ0v) is 38.1. The quantitative estimate of drug-likeness (QED) is 0.103. The number of aromatic hydroxyl groups is 1. The van der Waals surface area contributed by atoms with Crippen LogP contribution in [0.3, 0.4) is 0 Å². The molecule has 0 heterocycles. The van der Waals surface area contributed by atoms with Crippen LogP contribution in [-0.4, -0.2) is 51.9 Å². The van der Waals surface area contributed by atoms with Crippen LogP contribution < -0.4 is 0 Å². The lowest BCUT2D eigenvalue weighted by atomic mass is 9.74. The highest BCUT2D eigenvalue weighted by atomic mass is 16.5. The number of rotatable bonds is 22. The van der Waals surface area contributed by atoms with Crippen LogP contribution >= 0.6 is 0 Å². The van der Waals surface area contributed by atoms with Crippen LogP contribution in [0.15, 0.2) is 24.3 Å². The Hall–Kier alpha value is -1.14. The molecule has 0 aliphatic heterocycles. The molecule has 3 atom stereocenters. The summed E-state index contributed by atoms with van der Waals surface area (Å²) in [7, 11) is 0. The third kappa shape index (κ3) is 22.9. The minimum Gasteiger partial charge on any atom is -0.508 e. The van der Waals surface area contributed by atoms with Crippen molar-refractivity contribution in [1.29, 1.82) is 0 Å². The first-order valence-corrected chi connectivity index (χ1v) is 21.3. The minimum atomic E-state index is -0.620. The fourth-order valence-electron chi connectivity index (χ4n) is 8.92. The minimum absolute atomic E-state index is 0.266. The van der Waals surface area contributed by atoms with E-state index in [0.717, 1.165) is 56.5 Å². The summed E-state index contributed by atoms with van der Waals surface area (Å²) < 4.78 is 11.8. The first-order chi connectivity index (χ1) is 23.8. The Morgan fingerprint density at radius 2 is 0.904 bits per heavy atom. The second kappa shape index (κ2) is 26.6. The van der Waals surface area contributed by atoms with Crippen molar-refractivity contribution in [3.05, 3.63) is 29.8 Å². The third-order valence-electron chi connectivity index (χ3n) is 11.4. The van der Waals surface area contributed by atoms with E-state index in [2.05, 4.69) is 118 Å². The maximum Gasteiger partial charge on any atom is 0.115 e. The van der Waals surface area contributed by atoms with Crippen LogP contribution in [0.5, 0.6) is 5.75 Å². The van der Waals surface area contributed by atoms with Gasteiger partial charge in [-0.25, -0.2) is 0 Å². The van der Waals surface area contributed by atoms with E-state index < -0.39 is 11.2 Å². The Bertz CT molecular complexity index is 946. The fraction of sp³-hybridized carbons (Fsp3) is 0.872. The number of hydrogen-bond donors (Lipinski definition) is 3. The summed E-state index contributed by atoms with van der Waals surface area (Å²) in [5.41, 5.74) is 0.217. The Morgan fingerprint density at radius 1 is 0.538 bits per heavy atom. The van der Waals surface area contributed by atoms with Crippen LogP contribution in [0.1, 0.15) is 169 Å². The van der Waals surface area contributed by atoms with Gasteiger partial charge in [-0.05, 0) is 143 Å². The zero-order chi connectivity index (χ0) is 41.0. The molecular formula is C47H92O5. The number of aliphatic hydroxyl groups is 2. The van der Waals surface area contributed by atoms with Gasteiger partial charge >= 0.3 is 0 Å². The monoisotopic (exact) mass is 737 g/mol. The van der Waals surface area contributed by atoms with Crippen LogP contribution in [0.25, 0.3) is 0 Å². The van der Waals surface area contributed by atoms with Crippen LogP contribution in [-0.2, 0) is 15.9 Å². The van der Waals surface area contributed by atoms with E-state index in [9.17, 15) is 15.3 Å². The van der Waals surface area contributed by atoms with Gasteiger partial charge in [0.15, 0.2) is 0 Å². The molecular weight excluding hydrogens is 645 g/mol. The molecule has 5 heteroatoms. The molecule has 5 nitrogen and oxygen atoms in total. The summed E-state index contributed by atoms with van der Waals surface area (Å²) in [6.07, 6.45) is 5.83. The Morgan fingerprint density at radius 3 is 1.23 bits per heavy atom. The topological polar surface area (TPSA) is 79.2 Å². The molecule has 310 valence electrons. The number of phenols is 1. The molecule has 1 aromatic rings. The number of hydrogen-bond acceptors (Lipinski definition) is 5. The van der Waals surface area contributed by atoms with E-state index in [4.69, 9.17) is 9.47 Å². The average molecular weight is 737 g/mol. The number of phenolic OH excluding ortho intramolecular Hbond substituents is 1. The van der Waals surface area contributed by atoms with Gasteiger partial charge in [-0.1, -0.05) is 116 Å². The molecule has 0 radical (unpaired) electrons. The largest absolute Gasteiger partial charge is 0.508 e. The van der Waals surface area contributed by atoms with Crippen molar-refractivity contribution in [3.63, 3.8) is 0 Å². The fourth-order valence-corrected chi connectivity index (χ4v) is 8.92. The van der Waals surface area contributed by atoms with E-state index in [1.165, 1.54) is 5.56 Å². The normalized spacial score (nSPS) is 14.5. The maximum absolute atomic E-state index is 10.2. The Kier molecular flexibility index (Phi) is 27.1. The van der Waals surface area contributed by atoms with Crippen molar-refractivity contribution in [3.8, 4) is 5.75 Å². The van der Waals surface area contributed by atoms with E-state index in [1.54, 1.807) is 12.1 Å². The lowest BCUT2D eigenvalue weighted by molar-refractivity contribution is -0.0346. The molecule has 0 amide bonds. The summed E-state index contributed by atoms with van der Waals surface area (Å²) in [4.78, 5) is 0. The molecule has 0 bridgehead atoms. The van der Waals surface area contributed by atoms with Crippen molar-refractivity contribution in [1.82, 2.24) is 0 Å². The van der Waals surface area contributed by atoms with Crippen molar-refractivity contribution in [2.75, 3.05) is 13.2 Å². The molecule has 1 rings (SSSR count). The van der Waals surface area contributed by atoms with Gasteiger partial charge in [0, 0.05) is 13.2 Å². The van der Waals surface area contributed by atoms with Gasteiger partial charge in [0.05, 0.1) is 23.4 Å². The highest BCUT2D eigenvalue weighted by Gasteiger charge is 2.27. The van der Waals surface area contributed by atoms with Gasteiger partial charge in [0.25, 0.3) is 0 Å². The molecule has 52 heavy (non-hydrogen) atoms. The number of benzene rings is 1. The molecule has 0 fully saturated rings. The predicted molar refractivity (Wildman–Crippen MR) is 227 cm³/mol. The molecule has 0 aliphatic rings. The van der Waals surface area contributed by atoms with E-state index in [1.807, 2.05) is 26.0 Å². The van der Waals surface area contributed by atoms with Gasteiger partial charge in [-0.3, -0.25) is 0 Å². The van der Waals surface area contributed by atoms with Crippen molar-refractivity contribution >= 4 is 0 Å². The lowest BCUT2D eigenvalue weighted by Crippen LogP contribution is -2.31. The lowest BCUT2D eigenvalue weighted by Gasteiger charge is -2.31. The van der Waals surface area contributed by atoms with Crippen molar-refractivity contribution in [2.45, 2.75) is 193 Å². The van der Waals surface area contributed by atoms with Crippen molar-refractivity contribution in [2.24, 2.45) is 59.2 Å². The second-order valence-electron chi connectivity index (χ2n) is 18.8. The average Bonchev–Trinajstić information content (AvgIpc) is 2.99. The standard InChI is InChI=1S/C17H36O2.C16H26O.C14H30O2/c1-8-17(18,9-2)11-10-12-19-15(7)16(13(3)4)14(5)6;1-11(2)16(12(3)4)13(5)10-14-6-8-15(17)9-7-14;1-10(2)13(11(3)4)12(5)16-9-8-14(6,7)15/h13-16,18H,8-12H2,1-7H3;6-9,11-13,16-17H,10H2,1-5H3;10-13,15H,8-9H2,1-7H3. The Labute approximate surface area is 325 Å². The van der Waals surface area contributed by atoms with Crippen LogP contribution in [0.4, 0.5) is 0 Å². The molecule has 0 aliphatic carbocycles. The molecule has 0 saturated carbocycles. The molecule has 3 unspecified atom stereocenters. The SMILES string of the molecule is CC(C)C(C(C)C)C(C)Cc1ccc(O)cc1.CC(C)C(C(C)C)C(C)OCCC(C)(C)O.CCC(O)(CC)CCCOC(C)C(C(C)C)C(C)C. The first-order valence-electron chi connectivity index (χ1n) is 21.3. The molecule has 3 N–H and O–H groups in total. The summed E-state index contributed by atoms with van der Waals surface area (Å²) in [6, 6.07) is 7.62. The third-order valence-corrected chi connectivity index (χ3v) is 11.4. The Balaban J connectivity index is 0. The summed E-state index contributed by atoms with van der Waals surface area (Å²) in [6.45, 7) is 43.2. The molecule has 0 saturated heterocycles. The highest BCUT2D eigenvalue weighted by molar-refractivity contribution is 5.26. The van der Waals surface area contributed by atoms with E-state index in [-0.39, 0.29) is 6.10 Å². The summed E-state index contributed by atoms with van der Waals surface area (Å²) in [5, 5.41) is 29.1. The summed E-state index contributed by atoms with van der Waals surface area (Å²) in [5.74, 6) is 7.00. The maximum atomic E-state index is 10.2. The van der Waals surface area contributed by atoms with Gasteiger partial charge in [-0.15, -0.1) is 0 Å². The van der Waals surface area contributed by atoms with E-state index in [0.29, 0.717) is 66.3 Å². The molecule has 0 spiro atoms. The first kappa shape index (κ1) is 53.0. The van der Waals surface area contributed by atoms with Gasteiger partial charge in [-0.2, -0.15) is 0 Å². The van der Waals surface area contributed by atoms with Gasteiger partial charge < -0.3 is 24.8 Å². The number of ether oxygens (including phenoxy) is 2. The van der Waals surface area contributed by atoms with Gasteiger partial charge in [0.1, 0.15) is 5.75 Å². The summed E-state index contributed by atoms with van der Waals surface area (Å²) >= 11 is 0. The van der Waals surface area contributed by atoms with Crippen molar-refractivity contribution < 1.29 is 24.8 Å². The van der Waals surface area contributed by atoms with E-state index >= 15 is 0 Å². The highest BCUT2D eigenvalue weighted by Crippen LogP contribution is 2.31. The second-order valence-corrected chi connectivity index (χ2v) is 18.8. The smallest absolute Gasteiger partial charge is 0.115 e. The van der Waals surface area contributed by atoms with Crippen LogP contribution in [0.2, 0.25) is 0 Å². The molecule has 1 aromatic carbocycles.